The van der Waals surface area contributed by atoms with Gasteiger partial charge in [-0.2, -0.15) is 5.10 Å². The highest BCUT2D eigenvalue weighted by Crippen LogP contribution is 2.34. The van der Waals surface area contributed by atoms with E-state index in [0.717, 1.165) is 16.8 Å². The maximum atomic E-state index is 13.4. The highest BCUT2D eigenvalue weighted by molar-refractivity contribution is 7.99. The molecule has 2 aromatic carbocycles. The van der Waals surface area contributed by atoms with Crippen LogP contribution in [0.1, 0.15) is 23.6 Å². The Morgan fingerprint density at radius 2 is 1.93 bits per heavy atom. The summed E-state index contributed by atoms with van der Waals surface area (Å²) >= 11 is 2.60. The third-order valence-corrected chi connectivity index (χ3v) is 9.90. The van der Waals surface area contributed by atoms with Crippen LogP contribution in [0.2, 0.25) is 0 Å². The van der Waals surface area contributed by atoms with Crippen LogP contribution in [0.4, 0.5) is 10.8 Å². The first-order valence-corrected chi connectivity index (χ1v) is 15.6. The fraction of sp³-hybridized carbons (Fsp3) is 0.192. The SMILES string of the molecule is Cc1ccc(-n2ncc3c(=O)n4c(nc32)SCC4CC(=O)Nc2ccc(S(=O)(=O)Nc3nccs3)cc2)cc1C. The lowest BCUT2D eigenvalue weighted by Crippen LogP contribution is -2.27. The molecule has 4 heterocycles. The van der Waals surface area contributed by atoms with Crippen molar-refractivity contribution in [2.24, 2.45) is 0 Å². The minimum absolute atomic E-state index is 0.0461. The van der Waals surface area contributed by atoms with Crippen molar-refractivity contribution in [3.05, 3.63) is 81.7 Å². The van der Waals surface area contributed by atoms with Crippen LogP contribution in [0.5, 0.6) is 0 Å². The van der Waals surface area contributed by atoms with Gasteiger partial charge in [0.2, 0.25) is 5.91 Å². The Hall–Kier alpha value is -4.01. The number of nitrogens with one attached hydrogen (secondary N) is 2. The van der Waals surface area contributed by atoms with E-state index in [2.05, 4.69) is 20.1 Å². The first kappa shape index (κ1) is 26.2. The molecule has 0 spiro atoms. The lowest BCUT2D eigenvalue weighted by atomic mass is 10.1. The van der Waals surface area contributed by atoms with Gasteiger partial charge in [0.1, 0.15) is 5.39 Å². The van der Waals surface area contributed by atoms with E-state index in [1.807, 2.05) is 32.0 Å². The summed E-state index contributed by atoms with van der Waals surface area (Å²) in [5.41, 5.74) is 3.79. The van der Waals surface area contributed by atoms with Gasteiger partial charge in [-0.3, -0.25) is 18.9 Å². The number of carbonyl (C=O) groups excluding carboxylic acids is 1. The molecular weight excluding hydrogens is 571 g/mol. The van der Waals surface area contributed by atoms with Gasteiger partial charge in [0.05, 0.1) is 22.8 Å². The van der Waals surface area contributed by atoms with Crippen molar-refractivity contribution in [1.82, 2.24) is 24.3 Å². The minimum Gasteiger partial charge on any atom is -0.326 e. The van der Waals surface area contributed by atoms with E-state index in [-0.39, 0.29) is 34.0 Å². The highest BCUT2D eigenvalue weighted by atomic mass is 32.2. The normalized spacial score (nSPS) is 14.8. The number of rotatable bonds is 7. The van der Waals surface area contributed by atoms with Crippen molar-refractivity contribution in [1.29, 1.82) is 0 Å². The van der Waals surface area contributed by atoms with E-state index >= 15 is 0 Å². The zero-order chi connectivity index (χ0) is 28.0. The molecule has 2 N–H and O–H groups in total. The lowest BCUT2D eigenvalue weighted by molar-refractivity contribution is -0.116. The molecule has 6 rings (SSSR count). The molecule has 1 amide bonds. The molecule has 1 aliphatic heterocycles. The summed E-state index contributed by atoms with van der Waals surface area (Å²) in [5, 5.41) is 10.1. The lowest BCUT2D eigenvalue weighted by Gasteiger charge is -2.14. The molecular formula is C26H23N7O4S3. The van der Waals surface area contributed by atoms with Gasteiger partial charge in [-0.15, -0.1) is 11.3 Å². The minimum atomic E-state index is -3.79. The monoisotopic (exact) mass is 593 g/mol. The highest BCUT2D eigenvalue weighted by Gasteiger charge is 2.30. The molecule has 3 aromatic heterocycles. The summed E-state index contributed by atoms with van der Waals surface area (Å²) in [4.78, 5) is 35.0. The fourth-order valence-electron chi connectivity index (χ4n) is 4.42. The Morgan fingerprint density at radius 1 is 1.12 bits per heavy atom. The van der Waals surface area contributed by atoms with Crippen molar-refractivity contribution in [3.63, 3.8) is 0 Å². The topological polar surface area (TPSA) is 141 Å². The van der Waals surface area contributed by atoms with Gasteiger partial charge in [0, 0.05) is 29.4 Å². The molecule has 204 valence electrons. The van der Waals surface area contributed by atoms with Gasteiger partial charge in [-0.25, -0.2) is 23.1 Å². The summed E-state index contributed by atoms with van der Waals surface area (Å²) < 4.78 is 30.7. The van der Waals surface area contributed by atoms with E-state index < -0.39 is 10.0 Å². The van der Waals surface area contributed by atoms with Gasteiger partial charge < -0.3 is 5.32 Å². The van der Waals surface area contributed by atoms with E-state index in [0.29, 0.717) is 27.6 Å². The van der Waals surface area contributed by atoms with Crippen LogP contribution >= 0.6 is 23.1 Å². The molecule has 0 saturated carbocycles. The van der Waals surface area contributed by atoms with Gasteiger partial charge >= 0.3 is 0 Å². The van der Waals surface area contributed by atoms with Crippen molar-refractivity contribution < 1.29 is 13.2 Å². The van der Waals surface area contributed by atoms with Gasteiger partial charge in [0.15, 0.2) is 15.9 Å². The van der Waals surface area contributed by atoms with Crippen LogP contribution in [-0.4, -0.2) is 44.4 Å². The smallest absolute Gasteiger partial charge is 0.265 e. The maximum Gasteiger partial charge on any atom is 0.265 e. The Morgan fingerprint density at radius 3 is 2.65 bits per heavy atom. The summed E-state index contributed by atoms with van der Waals surface area (Å²) in [5.74, 6) is 0.228. The number of thiazole rings is 1. The fourth-order valence-corrected chi connectivity index (χ4v) is 7.34. The van der Waals surface area contributed by atoms with Crippen LogP contribution in [0.15, 0.2) is 75.1 Å². The van der Waals surface area contributed by atoms with E-state index in [1.165, 1.54) is 59.8 Å². The summed E-state index contributed by atoms with van der Waals surface area (Å²) in [6.07, 6.45) is 3.09. The molecule has 40 heavy (non-hydrogen) atoms. The molecule has 0 aliphatic carbocycles. The molecule has 11 nitrogen and oxygen atoms in total. The summed E-state index contributed by atoms with van der Waals surface area (Å²) in [6.45, 7) is 4.06. The quantitative estimate of drug-likeness (QED) is 0.269. The predicted octanol–water partition coefficient (Wildman–Crippen LogP) is 4.13. The van der Waals surface area contributed by atoms with E-state index in [1.54, 1.807) is 14.6 Å². The molecule has 1 unspecified atom stereocenters. The number of hydrogen-bond acceptors (Lipinski definition) is 9. The number of sulfonamides is 1. The Labute approximate surface area is 237 Å². The molecule has 1 aliphatic rings. The van der Waals surface area contributed by atoms with Crippen molar-refractivity contribution in [3.8, 4) is 5.69 Å². The van der Waals surface area contributed by atoms with Gasteiger partial charge in [0.25, 0.3) is 15.6 Å². The first-order valence-electron chi connectivity index (χ1n) is 12.2. The molecule has 14 heteroatoms. The third kappa shape index (κ3) is 4.89. The summed E-state index contributed by atoms with van der Waals surface area (Å²) in [6, 6.07) is 11.4. The number of aromatic nitrogens is 5. The van der Waals surface area contributed by atoms with Gasteiger partial charge in [-0.1, -0.05) is 17.8 Å². The van der Waals surface area contributed by atoms with Crippen LogP contribution in [0, 0.1) is 13.8 Å². The number of carbonyl (C=O) groups is 1. The Kier molecular flexibility index (Phi) is 6.68. The maximum absolute atomic E-state index is 13.4. The Bertz CT molecular complexity index is 1910. The number of anilines is 2. The molecule has 0 bridgehead atoms. The molecule has 0 fully saturated rings. The van der Waals surface area contributed by atoms with Crippen molar-refractivity contribution in [2.75, 3.05) is 15.8 Å². The second-order valence-electron chi connectivity index (χ2n) is 9.32. The number of benzene rings is 2. The van der Waals surface area contributed by atoms with Crippen LogP contribution in [-0.2, 0) is 14.8 Å². The van der Waals surface area contributed by atoms with E-state index in [9.17, 15) is 18.0 Å². The van der Waals surface area contributed by atoms with Crippen molar-refractivity contribution >= 4 is 60.9 Å². The summed E-state index contributed by atoms with van der Waals surface area (Å²) in [7, 11) is -3.79. The average Bonchev–Trinajstić information content (AvgIpc) is 3.67. The second kappa shape index (κ2) is 10.2. The molecule has 0 radical (unpaired) electrons. The number of hydrogen-bond donors (Lipinski definition) is 2. The zero-order valence-corrected chi connectivity index (χ0v) is 23.8. The standard InChI is InChI=1S/C26H23N7O4S3/c1-15-3-6-18(11-16(15)2)33-23-21(13-28-33)24(35)32-19(14-39-26(32)30-23)12-22(34)29-17-4-7-20(8-5-17)40(36,37)31-25-27-9-10-38-25/h3-11,13,19H,12,14H2,1-2H3,(H,27,31)(H,29,34). The number of aryl methyl sites for hydroxylation is 2. The number of nitrogens with zero attached hydrogens (tertiary/aromatic N) is 5. The zero-order valence-electron chi connectivity index (χ0n) is 21.4. The molecule has 1 atom stereocenters. The molecule has 0 saturated heterocycles. The average molecular weight is 594 g/mol. The van der Waals surface area contributed by atoms with Crippen LogP contribution in [0.3, 0.4) is 0 Å². The largest absolute Gasteiger partial charge is 0.326 e. The number of amides is 1. The Balaban J connectivity index is 1.18. The molecule has 5 aromatic rings. The van der Waals surface area contributed by atoms with Crippen molar-refractivity contribution in [2.45, 2.75) is 36.4 Å². The first-order chi connectivity index (χ1) is 19.2. The third-order valence-electron chi connectivity index (χ3n) is 6.63. The van der Waals surface area contributed by atoms with E-state index in [4.69, 9.17) is 4.98 Å². The second-order valence-corrected chi connectivity index (χ2v) is 12.9. The van der Waals surface area contributed by atoms with Gasteiger partial charge in [-0.05, 0) is 61.4 Å². The van der Waals surface area contributed by atoms with Crippen LogP contribution in [0.25, 0.3) is 16.7 Å². The van der Waals surface area contributed by atoms with Crippen LogP contribution < -0.4 is 15.6 Å². The number of thioether (sulfide) groups is 1. The predicted molar refractivity (Wildman–Crippen MR) is 155 cm³/mol. The number of fused-ring (bicyclic) bond motifs is 2.